The standard InChI is InChI=1S/C20H19FIN5O4/c1-11(28)30-17-15(21)16(31-20(17,23)9-22)13-7-8-14-18(24-10-25-27(13)14)26-19(29)12-5-3-2-4-6-12/h2-8,10,15-17H,9,23H2,1H3,(H,24,25,26,29)/t15-,16-,17-,20+/m0/s1. The summed E-state index contributed by atoms with van der Waals surface area (Å²) in [5, 5.41) is 6.92. The predicted octanol–water partition coefficient (Wildman–Crippen LogP) is 2.41. The minimum Gasteiger partial charge on any atom is -0.455 e. The number of alkyl halides is 2. The van der Waals surface area contributed by atoms with Crippen LogP contribution in [0.1, 0.15) is 29.1 Å². The molecular formula is C20H19FIN5O4. The van der Waals surface area contributed by atoms with Crippen LogP contribution >= 0.6 is 22.6 Å². The fourth-order valence-electron chi connectivity index (χ4n) is 3.51. The Morgan fingerprint density at radius 1 is 1.32 bits per heavy atom. The van der Waals surface area contributed by atoms with Gasteiger partial charge in [0.25, 0.3) is 5.91 Å². The molecule has 0 spiro atoms. The number of rotatable bonds is 5. The van der Waals surface area contributed by atoms with Gasteiger partial charge in [0.05, 0.1) is 5.69 Å². The molecule has 2 aromatic heterocycles. The zero-order valence-corrected chi connectivity index (χ0v) is 18.5. The van der Waals surface area contributed by atoms with Crippen LogP contribution in [0.4, 0.5) is 10.2 Å². The molecule has 1 saturated heterocycles. The average Bonchev–Trinajstić information content (AvgIpc) is 3.30. The van der Waals surface area contributed by atoms with Gasteiger partial charge in [-0.25, -0.2) is 13.9 Å². The Kier molecular flexibility index (Phi) is 5.90. The van der Waals surface area contributed by atoms with Gasteiger partial charge in [-0.2, -0.15) is 5.10 Å². The van der Waals surface area contributed by atoms with E-state index in [0.29, 0.717) is 16.8 Å². The van der Waals surface area contributed by atoms with Gasteiger partial charge >= 0.3 is 5.97 Å². The van der Waals surface area contributed by atoms with E-state index in [0.717, 1.165) is 0 Å². The quantitative estimate of drug-likeness (QED) is 0.290. The van der Waals surface area contributed by atoms with Crippen LogP contribution in [0.15, 0.2) is 48.8 Å². The number of carbonyl (C=O) groups is 2. The molecule has 3 aromatic rings. The zero-order valence-electron chi connectivity index (χ0n) is 16.4. The lowest BCUT2D eigenvalue weighted by Crippen LogP contribution is -2.53. The molecule has 1 aliphatic rings. The average molecular weight is 539 g/mol. The smallest absolute Gasteiger partial charge is 0.303 e. The number of carbonyl (C=O) groups excluding carboxylic acids is 2. The van der Waals surface area contributed by atoms with Crippen LogP contribution in [0.3, 0.4) is 0 Å². The van der Waals surface area contributed by atoms with E-state index >= 15 is 4.39 Å². The molecule has 0 aliphatic carbocycles. The minimum absolute atomic E-state index is 0.205. The minimum atomic E-state index is -1.71. The third-order valence-electron chi connectivity index (χ3n) is 4.95. The fourth-order valence-corrected chi connectivity index (χ4v) is 4.12. The van der Waals surface area contributed by atoms with Gasteiger partial charge in [0.1, 0.15) is 17.9 Å². The molecule has 3 N–H and O–H groups in total. The summed E-state index contributed by atoms with van der Waals surface area (Å²) >= 11 is 1.96. The van der Waals surface area contributed by atoms with Gasteiger partial charge in [0.15, 0.2) is 23.8 Å². The van der Waals surface area contributed by atoms with Gasteiger partial charge < -0.3 is 14.8 Å². The van der Waals surface area contributed by atoms with E-state index in [1.807, 2.05) is 28.7 Å². The number of aromatic nitrogens is 3. The van der Waals surface area contributed by atoms with Crippen molar-refractivity contribution in [3.05, 3.63) is 60.0 Å². The van der Waals surface area contributed by atoms with Gasteiger partial charge in [0, 0.05) is 16.9 Å². The molecule has 3 heterocycles. The van der Waals surface area contributed by atoms with Crippen molar-refractivity contribution in [3.8, 4) is 0 Å². The molecule has 31 heavy (non-hydrogen) atoms. The highest BCUT2D eigenvalue weighted by Crippen LogP contribution is 2.42. The Hall–Kier alpha value is -2.64. The number of esters is 1. The van der Waals surface area contributed by atoms with Crippen molar-refractivity contribution in [2.45, 2.75) is 31.0 Å². The van der Waals surface area contributed by atoms with Crippen molar-refractivity contribution in [2.24, 2.45) is 5.73 Å². The Morgan fingerprint density at radius 3 is 2.74 bits per heavy atom. The summed E-state index contributed by atoms with van der Waals surface area (Å²) in [4.78, 5) is 28.1. The van der Waals surface area contributed by atoms with Gasteiger partial charge in [-0.15, -0.1) is 0 Å². The predicted molar refractivity (Wildman–Crippen MR) is 117 cm³/mol. The highest BCUT2D eigenvalue weighted by atomic mass is 127. The number of nitrogens with one attached hydrogen (secondary N) is 1. The van der Waals surface area contributed by atoms with Crippen molar-refractivity contribution in [1.82, 2.24) is 14.6 Å². The fraction of sp³-hybridized carbons (Fsp3) is 0.300. The monoisotopic (exact) mass is 539 g/mol. The second-order valence-electron chi connectivity index (χ2n) is 7.09. The van der Waals surface area contributed by atoms with Crippen LogP contribution < -0.4 is 11.1 Å². The van der Waals surface area contributed by atoms with Gasteiger partial charge in [-0.05, 0) is 24.3 Å². The lowest BCUT2D eigenvalue weighted by Gasteiger charge is -2.27. The van der Waals surface area contributed by atoms with E-state index < -0.39 is 30.1 Å². The molecule has 162 valence electrons. The third kappa shape index (κ3) is 4.00. The van der Waals surface area contributed by atoms with E-state index in [1.54, 1.807) is 36.4 Å². The molecule has 4 rings (SSSR count). The lowest BCUT2D eigenvalue weighted by atomic mass is 10.0. The number of hydrogen-bond donors (Lipinski definition) is 2. The van der Waals surface area contributed by atoms with Crippen LogP contribution in [0.5, 0.6) is 0 Å². The maximum Gasteiger partial charge on any atom is 0.303 e. The summed E-state index contributed by atoms with van der Waals surface area (Å²) in [6.45, 7) is 1.19. The number of halogens is 2. The Morgan fingerprint density at radius 2 is 2.06 bits per heavy atom. The van der Waals surface area contributed by atoms with Crippen LogP contribution in [0.25, 0.3) is 5.52 Å². The summed E-state index contributed by atoms with van der Waals surface area (Å²) in [6.07, 6.45) is -2.86. The van der Waals surface area contributed by atoms with Crippen molar-refractivity contribution in [2.75, 3.05) is 9.74 Å². The number of amides is 1. The summed E-state index contributed by atoms with van der Waals surface area (Å²) in [6, 6.07) is 11.9. The van der Waals surface area contributed by atoms with E-state index in [-0.39, 0.29) is 16.2 Å². The lowest BCUT2D eigenvalue weighted by molar-refractivity contribution is -0.156. The Bertz CT molecular complexity index is 1130. The number of fused-ring (bicyclic) bond motifs is 1. The number of anilines is 1. The Labute approximate surface area is 190 Å². The molecule has 0 bridgehead atoms. The van der Waals surface area contributed by atoms with Gasteiger partial charge in [0.2, 0.25) is 0 Å². The topological polar surface area (TPSA) is 121 Å². The maximum absolute atomic E-state index is 15.3. The summed E-state index contributed by atoms with van der Waals surface area (Å²) in [5.41, 5.74) is 5.98. The highest BCUT2D eigenvalue weighted by Gasteiger charge is 2.56. The molecule has 0 unspecified atom stereocenters. The van der Waals surface area contributed by atoms with Crippen molar-refractivity contribution in [1.29, 1.82) is 0 Å². The molecule has 9 nitrogen and oxygen atoms in total. The third-order valence-corrected chi connectivity index (χ3v) is 6.14. The largest absolute Gasteiger partial charge is 0.455 e. The number of nitrogens with zero attached hydrogens (tertiary/aromatic N) is 3. The van der Waals surface area contributed by atoms with Crippen LogP contribution in [0.2, 0.25) is 0 Å². The first-order chi connectivity index (χ1) is 14.8. The van der Waals surface area contributed by atoms with Crippen LogP contribution in [-0.2, 0) is 14.3 Å². The molecule has 1 aromatic carbocycles. The molecular weight excluding hydrogens is 520 g/mol. The molecule has 1 amide bonds. The van der Waals surface area contributed by atoms with E-state index in [4.69, 9.17) is 15.2 Å². The first-order valence-electron chi connectivity index (χ1n) is 9.37. The number of ether oxygens (including phenoxy) is 2. The second kappa shape index (κ2) is 8.48. The first-order valence-corrected chi connectivity index (χ1v) is 10.9. The van der Waals surface area contributed by atoms with E-state index in [9.17, 15) is 9.59 Å². The SMILES string of the molecule is CC(=O)O[C@H]1[C@@H](F)[C@H](c2ccc3c(NC(=O)c4ccccc4)ncnn23)O[C@]1(N)CI. The zero-order chi connectivity index (χ0) is 22.2. The molecule has 0 radical (unpaired) electrons. The number of benzene rings is 1. The highest BCUT2D eigenvalue weighted by molar-refractivity contribution is 14.1. The van der Waals surface area contributed by atoms with Crippen LogP contribution in [0, 0.1) is 0 Å². The van der Waals surface area contributed by atoms with E-state index in [2.05, 4.69) is 15.4 Å². The van der Waals surface area contributed by atoms with Gasteiger partial charge in [-0.1, -0.05) is 40.8 Å². The summed E-state index contributed by atoms with van der Waals surface area (Å²) in [7, 11) is 0. The van der Waals surface area contributed by atoms with Crippen molar-refractivity contribution < 1.29 is 23.5 Å². The first kappa shape index (κ1) is 21.6. The molecule has 1 fully saturated rings. The van der Waals surface area contributed by atoms with Crippen molar-refractivity contribution in [3.63, 3.8) is 0 Å². The summed E-state index contributed by atoms with van der Waals surface area (Å²) < 4.78 is 27.9. The normalized spacial score (nSPS) is 25.5. The molecule has 11 heteroatoms. The number of hydrogen-bond acceptors (Lipinski definition) is 7. The van der Waals surface area contributed by atoms with Crippen LogP contribution in [-0.4, -0.2) is 48.9 Å². The molecule has 0 saturated carbocycles. The molecule has 4 atom stereocenters. The van der Waals surface area contributed by atoms with Gasteiger partial charge in [-0.3, -0.25) is 15.3 Å². The number of nitrogens with two attached hydrogens (primary N) is 1. The Balaban J connectivity index is 1.66. The second-order valence-corrected chi connectivity index (χ2v) is 7.85. The summed E-state index contributed by atoms with van der Waals surface area (Å²) in [5.74, 6) is -0.733. The van der Waals surface area contributed by atoms with Crippen molar-refractivity contribution >= 4 is 45.8 Å². The van der Waals surface area contributed by atoms with E-state index in [1.165, 1.54) is 17.8 Å². The maximum atomic E-state index is 15.3. The molecule has 1 aliphatic heterocycles.